The summed E-state index contributed by atoms with van der Waals surface area (Å²) in [5.74, 6) is 0.151. The molecule has 0 saturated carbocycles. The van der Waals surface area contributed by atoms with Gasteiger partial charge in [0.1, 0.15) is 18.1 Å². The third kappa shape index (κ3) is 3.39. The highest BCUT2D eigenvalue weighted by Crippen LogP contribution is 2.26. The van der Waals surface area contributed by atoms with Crippen LogP contribution in [0.3, 0.4) is 0 Å². The number of ether oxygens (including phenoxy) is 1. The monoisotopic (exact) mass is 339 g/mol. The second-order valence-electron chi connectivity index (χ2n) is 5.02. The van der Waals surface area contributed by atoms with Crippen LogP contribution >= 0.6 is 11.6 Å². The fourth-order valence-corrected chi connectivity index (χ4v) is 2.39. The lowest BCUT2D eigenvalue weighted by Gasteiger charge is -2.07. The Morgan fingerprint density at radius 2 is 1.92 bits per heavy atom. The average Bonchev–Trinajstić information content (AvgIpc) is 2.96. The van der Waals surface area contributed by atoms with Crippen LogP contribution in [-0.4, -0.2) is 18.3 Å². The lowest BCUT2D eigenvalue weighted by atomic mass is 10.0. The van der Waals surface area contributed by atoms with E-state index in [0.717, 1.165) is 11.1 Å². The van der Waals surface area contributed by atoms with Gasteiger partial charge in [0.25, 0.3) is 0 Å². The maximum atomic E-state index is 12.1. The molecule has 0 fully saturated rings. The van der Waals surface area contributed by atoms with Crippen molar-refractivity contribution in [3.05, 3.63) is 82.9 Å². The summed E-state index contributed by atoms with van der Waals surface area (Å²) in [5.41, 5.74) is 2.35. The van der Waals surface area contributed by atoms with E-state index in [2.05, 4.69) is 11.7 Å². The molecule has 0 saturated heterocycles. The van der Waals surface area contributed by atoms with Gasteiger partial charge >= 0.3 is 5.97 Å². The van der Waals surface area contributed by atoms with Gasteiger partial charge in [0, 0.05) is 16.1 Å². The third-order valence-corrected chi connectivity index (χ3v) is 3.64. The van der Waals surface area contributed by atoms with Crippen molar-refractivity contribution in [2.75, 3.05) is 6.61 Å². The Kier molecular flexibility index (Phi) is 4.77. The van der Waals surface area contributed by atoms with Crippen LogP contribution in [0, 0.1) is 0 Å². The van der Waals surface area contributed by atoms with E-state index in [1.807, 2.05) is 24.3 Å². The maximum absolute atomic E-state index is 12.1. The summed E-state index contributed by atoms with van der Waals surface area (Å²) >= 11 is 5.91. The highest BCUT2D eigenvalue weighted by Gasteiger charge is 2.27. The van der Waals surface area contributed by atoms with Crippen LogP contribution in [0.25, 0.3) is 6.08 Å². The number of halogens is 1. The number of carbonyl (C=O) groups excluding carboxylic acids is 1. The molecule has 120 valence electrons. The van der Waals surface area contributed by atoms with Crippen molar-refractivity contribution in [3.8, 4) is 5.75 Å². The molecule has 4 nitrogen and oxygen atoms in total. The van der Waals surface area contributed by atoms with Gasteiger partial charge in [-0.2, -0.15) is 0 Å². The fourth-order valence-electron chi connectivity index (χ4n) is 2.26. The molecular weight excluding hydrogens is 326 g/mol. The van der Waals surface area contributed by atoms with Crippen LogP contribution in [0.2, 0.25) is 5.02 Å². The zero-order valence-corrected chi connectivity index (χ0v) is 13.5. The molecular formula is C19H14ClNO3. The summed E-state index contributed by atoms with van der Waals surface area (Å²) in [5, 5.41) is 4.49. The molecule has 0 aliphatic carbocycles. The Balaban J connectivity index is 1.99. The molecule has 1 aliphatic rings. The number of oxime groups is 1. The number of carbonyl (C=O) groups is 1. The lowest BCUT2D eigenvalue weighted by Crippen LogP contribution is -2.07. The normalized spacial score (nSPS) is 15.1. The maximum Gasteiger partial charge on any atom is 0.368 e. The summed E-state index contributed by atoms with van der Waals surface area (Å²) in [7, 11) is 0. The molecule has 3 rings (SSSR count). The summed E-state index contributed by atoms with van der Waals surface area (Å²) in [6.45, 7) is 4.01. The molecule has 1 heterocycles. The van der Waals surface area contributed by atoms with Crippen molar-refractivity contribution < 1.29 is 14.4 Å². The quantitative estimate of drug-likeness (QED) is 0.465. The molecule has 0 atom stereocenters. The zero-order valence-electron chi connectivity index (χ0n) is 12.7. The number of para-hydroxylation sites is 1. The number of benzene rings is 2. The van der Waals surface area contributed by atoms with Crippen LogP contribution in [0.15, 0.2) is 71.9 Å². The van der Waals surface area contributed by atoms with Crippen molar-refractivity contribution in [1.82, 2.24) is 0 Å². The minimum absolute atomic E-state index is 0.368. The number of rotatable bonds is 5. The van der Waals surface area contributed by atoms with Gasteiger partial charge in [-0.3, -0.25) is 0 Å². The van der Waals surface area contributed by atoms with Gasteiger partial charge in [0.2, 0.25) is 0 Å². The van der Waals surface area contributed by atoms with Crippen LogP contribution in [0.1, 0.15) is 11.1 Å². The van der Waals surface area contributed by atoms with E-state index in [0.29, 0.717) is 28.7 Å². The Morgan fingerprint density at radius 1 is 1.17 bits per heavy atom. The Morgan fingerprint density at radius 3 is 2.67 bits per heavy atom. The number of nitrogens with zero attached hydrogens (tertiary/aromatic N) is 1. The predicted octanol–water partition coefficient (Wildman–Crippen LogP) is 4.25. The first-order valence-corrected chi connectivity index (χ1v) is 7.67. The average molecular weight is 340 g/mol. The molecule has 0 N–H and O–H groups in total. The van der Waals surface area contributed by atoms with Gasteiger partial charge in [-0.15, -0.1) is 0 Å². The molecule has 0 aromatic heterocycles. The first kappa shape index (κ1) is 16.0. The Bertz CT molecular complexity index is 838. The van der Waals surface area contributed by atoms with E-state index in [4.69, 9.17) is 21.2 Å². The summed E-state index contributed by atoms with van der Waals surface area (Å²) in [6, 6.07) is 14.5. The van der Waals surface area contributed by atoms with Crippen molar-refractivity contribution >= 4 is 29.4 Å². The van der Waals surface area contributed by atoms with Crippen molar-refractivity contribution in [3.63, 3.8) is 0 Å². The van der Waals surface area contributed by atoms with Crippen LogP contribution < -0.4 is 4.74 Å². The molecule has 0 spiro atoms. The zero-order chi connectivity index (χ0) is 16.9. The van der Waals surface area contributed by atoms with Gasteiger partial charge in [-0.1, -0.05) is 59.7 Å². The highest BCUT2D eigenvalue weighted by molar-refractivity contribution is 6.32. The lowest BCUT2D eigenvalue weighted by molar-refractivity contribution is -0.136. The minimum atomic E-state index is -0.501. The van der Waals surface area contributed by atoms with Crippen molar-refractivity contribution in [1.29, 1.82) is 0 Å². The first-order valence-electron chi connectivity index (χ1n) is 7.29. The van der Waals surface area contributed by atoms with Gasteiger partial charge in [0.15, 0.2) is 0 Å². The molecule has 24 heavy (non-hydrogen) atoms. The molecule has 0 radical (unpaired) electrons. The highest BCUT2D eigenvalue weighted by atomic mass is 35.5. The fraction of sp³-hybridized carbons (Fsp3) is 0.0526. The van der Waals surface area contributed by atoms with Crippen LogP contribution in [0.4, 0.5) is 0 Å². The molecule has 2 aromatic carbocycles. The standard InChI is InChI=1S/C19H14ClNO3/c1-2-11-23-17-6-4-3-5-14(17)12-16-18(21-24-19(16)22)13-7-9-15(20)10-8-13/h2-10,12H,1,11H2/b16-12+. The molecule has 5 heteroatoms. The van der Waals surface area contributed by atoms with E-state index < -0.39 is 5.97 Å². The summed E-state index contributed by atoms with van der Waals surface area (Å²) in [4.78, 5) is 16.9. The predicted molar refractivity (Wildman–Crippen MR) is 94.2 cm³/mol. The summed E-state index contributed by atoms with van der Waals surface area (Å²) in [6.07, 6.45) is 3.37. The van der Waals surface area contributed by atoms with Gasteiger partial charge in [-0.05, 0) is 24.3 Å². The van der Waals surface area contributed by atoms with Crippen molar-refractivity contribution in [2.24, 2.45) is 5.16 Å². The molecule has 1 aliphatic heterocycles. The first-order chi connectivity index (χ1) is 11.7. The van der Waals surface area contributed by atoms with E-state index in [-0.39, 0.29) is 0 Å². The van der Waals surface area contributed by atoms with Crippen molar-refractivity contribution in [2.45, 2.75) is 0 Å². The molecule has 0 unspecified atom stereocenters. The van der Waals surface area contributed by atoms with E-state index >= 15 is 0 Å². The topological polar surface area (TPSA) is 47.9 Å². The molecule has 0 bridgehead atoms. The smallest absolute Gasteiger partial charge is 0.368 e. The SMILES string of the molecule is C=CCOc1ccccc1/C=C1/C(=O)ON=C1c1ccc(Cl)cc1. The second-order valence-corrected chi connectivity index (χ2v) is 5.46. The van der Waals surface area contributed by atoms with E-state index in [1.54, 1.807) is 36.4 Å². The van der Waals surface area contributed by atoms with E-state index in [9.17, 15) is 4.79 Å². The Labute approximate surface area is 144 Å². The molecule has 0 amide bonds. The third-order valence-electron chi connectivity index (χ3n) is 3.39. The number of hydrogen-bond donors (Lipinski definition) is 0. The number of hydrogen-bond acceptors (Lipinski definition) is 4. The Hall–Kier alpha value is -2.85. The van der Waals surface area contributed by atoms with Crippen LogP contribution in [0.5, 0.6) is 5.75 Å². The molecule has 2 aromatic rings. The van der Waals surface area contributed by atoms with Gasteiger partial charge in [0.05, 0.1) is 5.57 Å². The van der Waals surface area contributed by atoms with Gasteiger partial charge < -0.3 is 9.57 Å². The van der Waals surface area contributed by atoms with E-state index in [1.165, 1.54) is 0 Å². The van der Waals surface area contributed by atoms with Gasteiger partial charge in [-0.25, -0.2) is 4.79 Å². The largest absolute Gasteiger partial charge is 0.489 e. The minimum Gasteiger partial charge on any atom is -0.489 e. The second kappa shape index (κ2) is 7.15. The summed E-state index contributed by atoms with van der Waals surface area (Å²) < 4.78 is 5.62. The van der Waals surface area contributed by atoms with Crippen LogP contribution in [-0.2, 0) is 9.63 Å².